The van der Waals surface area contributed by atoms with Gasteiger partial charge in [0.15, 0.2) is 6.10 Å². The van der Waals surface area contributed by atoms with Gasteiger partial charge in [-0.25, -0.2) is 4.39 Å². The van der Waals surface area contributed by atoms with Crippen molar-refractivity contribution in [2.24, 2.45) is 0 Å². The summed E-state index contributed by atoms with van der Waals surface area (Å²) in [5.74, 6) is -0.194. The number of halogens is 1. The van der Waals surface area contributed by atoms with Gasteiger partial charge in [0.1, 0.15) is 11.6 Å². The van der Waals surface area contributed by atoms with E-state index >= 15 is 0 Å². The minimum atomic E-state index is -0.719. The molecule has 24 heavy (non-hydrogen) atoms. The van der Waals surface area contributed by atoms with E-state index in [0.717, 1.165) is 16.5 Å². The smallest absolute Gasteiger partial charge is 0.265 e. The molecule has 3 aromatic rings. The number of carbonyl (C=O) groups excluding carboxylic acids is 1. The summed E-state index contributed by atoms with van der Waals surface area (Å²) in [4.78, 5) is 16.7. The first-order valence-corrected chi connectivity index (χ1v) is 7.62. The Kier molecular flexibility index (Phi) is 4.42. The Bertz CT molecular complexity index is 878. The van der Waals surface area contributed by atoms with Crippen molar-refractivity contribution in [1.29, 1.82) is 0 Å². The van der Waals surface area contributed by atoms with Crippen LogP contribution in [0.4, 0.5) is 10.1 Å². The van der Waals surface area contributed by atoms with Crippen LogP contribution in [-0.2, 0) is 4.79 Å². The van der Waals surface area contributed by atoms with Gasteiger partial charge in [-0.3, -0.25) is 9.78 Å². The van der Waals surface area contributed by atoms with Crippen LogP contribution in [0.3, 0.4) is 0 Å². The van der Waals surface area contributed by atoms with Crippen LogP contribution in [0.5, 0.6) is 5.75 Å². The van der Waals surface area contributed by atoms with Crippen LogP contribution in [-0.4, -0.2) is 17.0 Å². The molecule has 1 N–H and O–H groups in total. The molecule has 1 aromatic heterocycles. The van der Waals surface area contributed by atoms with Crippen molar-refractivity contribution in [3.05, 3.63) is 66.1 Å². The van der Waals surface area contributed by atoms with Gasteiger partial charge in [0.05, 0.1) is 11.2 Å². The summed E-state index contributed by atoms with van der Waals surface area (Å²) in [6, 6.07) is 13.1. The summed E-state index contributed by atoms with van der Waals surface area (Å²) < 4.78 is 18.5. The number of fused-ring (bicyclic) bond motifs is 1. The quantitative estimate of drug-likeness (QED) is 0.786. The average Bonchev–Trinajstić information content (AvgIpc) is 2.59. The molecule has 3 rings (SSSR count). The third-order valence-corrected chi connectivity index (χ3v) is 3.72. The van der Waals surface area contributed by atoms with Crippen molar-refractivity contribution in [2.75, 3.05) is 5.32 Å². The van der Waals surface area contributed by atoms with E-state index in [4.69, 9.17) is 4.74 Å². The van der Waals surface area contributed by atoms with E-state index in [1.807, 2.05) is 31.2 Å². The van der Waals surface area contributed by atoms with Gasteiger partial charge in [-0.05, 0) is 61.9 Å². The van der Waals surface area contributed by atoms with Gasteiger partial charge in [0.25, 0.3) is 5.91 Å². The maximum Gasteiger partial charge on any atom is 0.265 e. The Hall–Kier alpha value is -2.95. The molecule has 0 bridgehead atoms. The predicted octanol–water partition coefficient (Wildman–Crippen LogP) is 4.09. The molecule has 0 fully saturated rings. The van der Waals surface area contributed by atoms with Crippen LogP contribution in [0.25, 0.3) is 10.9 Å². The fraction of sp³-hybridized carbons (Fsp3) is 0.158. The van der Waals surface area contributed by atoms with Crippen molar-refractivity contribution in [3.63, 3.8) is 0 Å². The molecule has 1 heterocycles. The molecule has 4 nitrogen and oxygen atoms in total. The maximum atomic E-state index is 12.9. The fourth-order valence-electron chi connectivity index (χ4n) is 2.43. The van der Waals surface area contributed by atoms with Crippen LogP contribution < -0.4 is 10.1 Å². The number of nitrogens with one attached hydrogen (secondary N) is 1. The third kappa shape index (κ3) is 3.35. The third-order valence-electron chi connectivity index (χ3n) is 3.72. The highest BCUT2D eigenvalue weighted by Gasteiger charge is 2.16. The van der Waals surface area contributed by atoms with E-state index in [-0.39, 0.29) is 11.7 Å². The van der Waals surface area contributed by atoms with Crippen LogP contribution in [0.15, 0.2) is 54.7 Å². The number of ether oxygens (including phenoxy) is 1. The van der Waals surface area contributed by atoms with Gasteiger partial charge in [-0.2, -0.15) is 0 Å². The Morgan fingerprint density at radius 3 is 2.67 bits per heavy atom. The van der Waals surface area contributed by atoms with Crippen molar-refractivity contribution in [3.8, 4) is 5.75 Å². The lowest BCUT2D eigenvalue weighted by Gasteiger charge is -2.16. The standard InChI is InChI=1S/C19H17FN2O2/c1-12-5-10-17(16-4-3-11-21-18(12)16)22-19(23)13(2)24-15-8-6-14(20)7-9-15/h3-11,13H,1-2H3,(H,22,23)/t13-/m1/s1. The van der Waals surface area contributed by atoms with Crippen LogP contribution in [0, 0.1) is 12.7 Å². The number of carbonyl (C=O) groups is 1. The number of rotatable bonds is 4. The molecule has 0 radical (unpaired) electrons. The number of aryl methyl sites for hydroxylation is 1. The molecule has 0 unspecified atom stereocenters. The minimum absolute atomic E-state index is 0.284. The molecule has 0 saturated carbocycles. The number of hydrogen-bond acceptors (Lipinski definition) is 3. The fourth-order valence-corrected chi connectivity index (χ4v) is 2.43. The molecule has 122 valence electrons. The van der Waals surface area contributed by atoms with Crippen LogP contribution >= 0.6 is 0 Å². The lowest BCUT2D eigenvalue weighted by Crippen LogP contribution is -2.30. The summed E-state index contributed by atoms with van der Waals surface area (Å²) in [6.45, 7) is 3.62. The molecule has 0 aliphatic rings. The summed E-state index contributed by atoms with van der Waals surface area (Å²) in [6.07, 6.45) is 1.00. The monoisotopic (exact) mass is 324 g/mol. The normalized spacial score (nSPS) is 12.0. The number of anilines is 1. The van der Waals surface area contributed by atoms with Crippen molar-refractivity contribution in [1.82, 2.24) is 4.98 Å². The van der Waals surface area contributed by atoms with Gasteiger partial charge in [0.2, 0.25) is 0 Å². The molecule has 0 aliphatic heterocycles. The molecule has 1 atom stereocenters. The number of aromatic nitrogens is 1. The largest absolute Gasteiger partial charge is 0.481 e. The summed E-state index contributed by atoms with van der Waals surface area (Å²) in [5, 5.41) is 3.74. The average molecular weight is 324 g/mol. The molecule has 0 spiro atoms. The molecule has 2 aromatic carbocycles. The van der Waals surface area contributed by atoms with Gasteiger partial charge >= 0.3 is 0 Å². The van der Waals surface area contributed by atoms with Crippen LogP contribution in [0.1, 0.15) is 12.5 Å². The van der Waals surface area contributed by atoms with E-state index < -0.39 is 6.10 Å². The number of pyridine rings is 1. The maximum absolute atomic E-state index is 12.9. The summed E-state index contributed by atoms with van der Waals surface area (Å²) >= 11 is 0. The van der Waals surface area contributed by atoms with Gasteiger partial charge in [0, 0.05) is 11.6 Å². The number of benzene rings is 2. The molecule has 0 aliphatic carbocycles. The number of hydrogen-bond donors (Lipinski definition) is 1. The van der Waals surface area contributed by atoms with Crippen molar-refractivity contribution >= 4 is 22.5 Å². The Labute approximate surface area is 139 Å². The van der Waals surface area contributed by atoms with Crippen LogP contribution in [0.2, 0.25) is 0 Å². The zero-order valence-corrected chi connectivity index (χ0v) is 13.4. The first-order valence-electron chi connectivity index (χ1n) is 7.62. The highest BCUT2D eigenvalue weighted by Crippen LogP contribution is 2.25. The first kappa shape index (κ1) is 15.9. The van der Waals surface area contributed by atoms with Gasteiger partial charge in [-0.15, -0.1) is 0 Å². The van der Waals surface area contributed by atoms with Gasteiger partial charge < -0.3 is 10.1 Å². The summed E-state index contributed by atoms with van der Waals surface area (Å²) in [7, 11) is 0. The second-order valence-corrected chi connectivity index (χ2v) is 5.53. The first-order chi connectivity index (χ1) is 11.5. The molecular formula is C19H17FN2O2. The summed E-state index contributed by atoms with van der Waals surface area (Å²) in [5.41, 5.74) is 2.57. The highest BCUT2D eigenvalue weighted by molar-refractivity contribution is 6.03. The zero-order valence-electron chi connectivity index (χ0n) is 13.4. The Balaban J connectivity index is 1.77. The predicted molar refractivity (Wildman–Crippen MR) is 91.6 cm³/mol. The Morgan fingerprint density at radius 2 is 1.92 bits per heavy atom. The zero-order chi connectivity index (χ0) is 17.1. The van der Waals surface area contributed by atoms with E-state index in [2.05, 4.69) is 10.3 Å². The SMILES string of the molecule is Cc1ccc(NC(=O)[C@@H](C)Oc2ccc(F)cc2)c2cccnc12. The topological polar surface area (TPSA) is 51.2 Å². The van der Waals surface area contributed by atoms with E-state index in [0.29, 0.717) is 11.4 Å². The number of amides is 1. The molecule has 0 saturated heterocycles. The molecule has 1 amide bonds. The Morgan fingerprint density at radius 1 is 1.17 bits per heavy atom. The van der Waals surface area contributed by atoms with Crippen molar-refractivity contribution < 1.29 is 13.9 Å². The second kappa shape index (κ2) is 6.66. The van der Waals surface area contributed by atoms with E-state index in [1.165, 1.54) is 24.3 Å². The van der Waals surface area contributed by atoms with Crippen molar-refractivity contribution in [2.45, 2.75) is 20.0 Å². The lowest BCUT2D eigenvalue weighted by molar-refractivity contribution is -0.122. The van der Waals surface area contributed by atoms with E-state index in [9.17, 15) is 9.18 Å². The second-order valence-electron chi connectivity index (χ2n) is 5.53. The highest BCUT2D eigenvalue weighted by atomic mass is 19.1. The van der Waals surface area contributed by atoms with E-state index in [1.54, 1.807) is 13.1 Å². The lowest BCUT2D eigenvalue weighted by atomic mass is 10.1. The minimum Gasteiger partial charge on any atom is -0.481 e. The molecule has 5 heteroatoms. The van der Waals surface area contributed by atoms with Gasteiger partial charge in [-0.1, -0.05) is 6.07 Å². The molecular weight excluding hydrogens is 307 g/mol. The number of nitrogens with zero attached hydrogens (tertiary/aromatic N) is 1.